The molecular formula is C17H13N7O3S. The van der Waals surface area contributed by atoms with Crippen LogP contribution in [0.3, 0.4) is 0 Å². The summed E-state index contributed by atoms with van der Waals surface area (Å²) in [5, 5.41) is 31.1. The summed E-state index contributed by atoms with van der Waals surface area (Å²) < 4.78 is 7.34. The number of hydrogen-bond donors (Lipinski definition) is 0. The Hall–Kier alpha value is -3.60. The van der Waals surface area contributed by atoms with Crippen LogP contribution in [0.15, 0.2) is 64.2 Å². The van der Waals surface area contributed by atoms with Crippen LogP contribution in [-0.2, 0) is 12.3 Å². The van der Waals surface area contributed by atoms with E-state index in [9.17, 15) is 10.1 Å². The fourth-order valence-corrected chi connectivity index (χ4v) is 3.15. The highest BCUT2D eigenvalue weighted by Gasteiger charge is 2.13. The molecule has 0 unspecified atom stereocenters. The Kier molecular flexibility index (Phi) is 5.06. The zero-order valence-corrected chi connectivity index (χ0v) is 15.2. The largest absolute Gasteiger partial charge is 0.420 e. The molecule has 2 aromatic carbocycles. The maximum absolute atomic E-state index is 10.7. The van der Waals surface area contributed by atoms with Crippen molar-refractivity contribution in [3.05, 3.63) is 76.2 Å². The van der Waals surface area contributed by atoms with E-state index in [0.29, 0.717) is 34.8 Å². The first-order chi connectivity index (χ1) is 13.7. The van der Waals surface area contributed by atoms with Crippen LogP contribution in [0, 0.1) is 10.1 Å². The van der Waals surface area contributed by atoms with Gasteiger partial charge in [-0.1, -0.05) is 42.1 Å². The minimum Gasteiger partial charge on any atom is -0.420 e. The van der Waals surface area contributed by atoms with Gasteiger partial charge in [0, 0.05) is 17.7 Å². The molecule has 0 aliphatic heterocycles. The summed E-state index contributed by atoms with van der Waals surface area (Å²) in [6, 6.07) is 15.8. The van der Waals surface area contributed by atoms with Crippen molar-refractivity contribution in [2.24, 2.45) is 0 Å². The summed E-state index contributed by atoms with van der Waals surface area (Å²) >= 11 is 1.38. The van der Waals surface area contributed by atoms with Crippen LogP contribution in [0.4, 0.5) is 5.69 Å². The van der Waals surface area contributed by atoms with Gasteiger partial charge in [0.1, 0.15) is 0 Å². The number of non-ortho nitro benzene ring substituents is 1. The molecule has 0 saturated carbocycles. The van der Waals surface area contributed by atoms with Crippen molar-refractivity contribution in [3.63, 3.8) is 0 Å². The second-order valence-electron chi connectivity index (χ2n) is 5.70. The first kappa shape index (κ1) is 17.8. The lowest BCUT2D eigenvalue weighted by atomic mass is 10.2. The highest BCUT2D eigenvalue weighted by atomic mass is 32.2. The zero-order chi connectivity index (χ0) is 19.3. The third-order valence-electron chi connectivity index (χ3n) is 3.79. The summed E-state index contributed by atoms with van der Waals surface area (Å²) in [6.07, 6.45) is 0. The molecule has 11 heteroatoms. The van der Waals surface area contributed by atoms with E-state index in [-0.39, 0.29) is 5.69 Å². The molecule has 0 atom stereocenters. The molecule has 0 spiro atoms. The van der Waals surface area contributed by atoms with E-state index in [1.165, 1.54) is 23.9 Å². The van der Waals surface area contributed by atoms with Gasteiger partial charge < -0.3 is 4.42 Å². The van der Waals surface area contributed by atoms with Crippen molar-refractivity contribution in [2.75, 3.05) is 0 Å². The van der Waals surface area contributed by atoms with Crippen molar-refractivity contribution in [2.45, 2.75) is 17.5 Å². The topological polar surface area (TPSA) is 126 Å². The van der Waals surface area contributed by atoms with Crippen molar-refractivity contribution in [1.82, 2.24) is 30.4 Å². The first-order valence-corrected chi connectivity index (χ1v) is 9.18. The minimum absolute atomic E-state index is 0.00398. The van der Waals surface area contributed by atoms with Crippen molar-refractivity contribution in [1.29, 1.82) is 0 Å². The van der Waals surface area contributed by atoms with Gasteiger partial charge in [-0.25, -0.2) is 4.68 Å². The molecule has 2 heterocycles. The molecular weight excluding hydrogens is 382 g/mol. The summed E-state index contributed by atoms with van der Waals surface area (Å²) in [6.45, 7) is 0.564. The molecule has 0 radical (unpaired) electrons. The van der Waals surface area contributed by atoms with Crippen LogP contribution in [0.25, 0.3) is 11.5 Å². The summed E-state index contributed by atoms with van der Waals surface area (Å²) in [5.74, 6) is 1.11. The number of thioether (sulfide) groups is 1. The van der Waals surface area contributed by atoms with Crippen molar-refractivity contribution >= 4 is 17.4 Å². The molecule has 2 aromatic heterocycles. The van der Waals surface area contributed by atoms with E-state index in [2.05, 4.69) is 25.7 Å². The van der Waals surface area contributed by atoms with Gasteiger partial charge in [-0.15, -0.1) is 15.3 Å². The average molecular weight is 395 g/mol. The number of tetrazole rings is 1. The van der Waals surface area contributed by atoms with Gasteiger partial charge >= 0.3 is 0 Å². The van der Waals surface area contributed by atoms with Gasteiger partial charge in [0.2, 0.25) is 16.9 Å². The van der Waals surface area contributed by atoms with Crippen molar-refractivity contribution in [3.8, 4) is 11.5 Å². The molecule has 0 fully saturated rings. The Labute approximate surface area is 162 Å². The Bertz CT molecular complexity index is 1080. The van der Waals surface area contributed by atoms with Crippen LogP contribution in [0.2, 0.25) is 0 Å². The quantitative estimate of drug-likeness (QED) is 0.264. The number of benzene rings is 2. The highest BCUT2D eigenvalue weighted by molar-refractivity contribution is 7.98. The van der Waals surface area contributed by atoms with Gasteiger partial charge in [-0.3, -0.25) is 10.1 Å². The lowest BCUT2D eigenvalue weighted by Crippen LogP contribution is -2.03. The molecule has 0 N–H and O–H groups in total. The number of aromatic nitrogens is 6. The molecule has 0 amide bonds. The van der Waals surface area contributed by atoms with E-state index in [1.807, 2.05) is 30.3 Å². The fraction of sp³-hybridized carbons (Fsp3) is 0.118. The predicted molar refractivity (Wildman–Crippen MR) is 99.3 cm³/mol. The Balaban J connectivity index is 1.41. The standard InChI is InChI=1S/C17H13N7O3S/c25-24(26)14-8-6-13(7-9-14)16-19-18-15(27-16)11-28-17-20-21-22-23(17)10-12-4-2-1-3-5-12/h1-9H,10-11H2. The Morgan fingerprint density at radius 3 is 2.57 bits per heavy atom. The maximum atomic E-state index is 10.7. The smallest absolute Gasteiger partial charge is 0.269 e. The van der Waals surface area contributed by atoms with E-state index in [4.69, 9.17) is 4.42 Å². The molecule has 140 valence electrons. The van der Waals surface area contributed by atoms with Gasteiger partial charge in [-0.2, -0.15) is 0 Å². The minimum atomic E-state index is -0.459. The maximum Gasteiger partial charge on any atom is 0.269 e. The average Bonchev–Trinajstić information content (AvgIpc) is 3.37. The summed E-state index contributed by atoms with van der Waals surface area (Å²) in [7, 11) is 0. The van der Waals surface area contributed by atoms with Crippen LogP contribution in [0.1, 0.15) is 11.5 Å². The number of nitro groups is 1. The molecule has 28 heavy (non-hydrogen) atoms. The van der Waals surface area contributed by atoms with Crippen LogP contribution in [-0.4, -0.2) is 35.3 Å². The second kappa shape index (κ2) is 7.96. The summed E-state index contributed by atoms with van der Waals surface area (Å²) in [5.41, 5.74) is 1.71. The van der Waals surface area contributed by atoms with Crippen LogP contribution < -0.4 is 0 Å². The number of nitrogens with zero attached hydrogens (tertiary/aromatic N) is 7. The van der Waals surface area contributed by atoms with Gasteiger partial charge in [0.25, 0.3) is 5.69 Å². The van der Waals surface area contributed by atoms with Gasteiger partial charge in [0.05, 0.1) is 17.2 Å². The molecule has 0 aliphatic carbocycles. The monoisotopic (exact) mass is 395 g/mol. The molecule has 0 saturated heterocycles. The first-order valence-electron chi connectivity index (χ1n) is 8.19. The lowest BCUT2D eigenvalue weighted by Gasteiger charge is -2.03. The fourth-order valence-electron chi connectivity index (χ4n) is 2.44. The molecule has 10 nitrogen and oxygen atoms in total. The third kappa shape index (κ3) is 4.04. The lowest BCUT2D eigenvalue weighted by molar-refractivity contribution is -0.384. The van der Waals surface area contributed by atoms with E-state index in [0.717, 1.165) is 5.56 Å². The van der Waals surface area contributed by atoms with Crippen LogP contribution >= 0.6 is 11.8 Å². The van der Waals surface area contributed by atoms with Gasteiger partial charge in [0.15, 0.2) is 0 Å². The van der Waals surface area contributed by atoms with Gasteiger partial charge in [-0.05, 0) is 28.1 Å². The van der Waals surface area contributed by atoms with Crippen molar-refractivity contribution < 1.29 is 9.34 Å². The SMILES string of the molecule is O=[N+]([O-])c1ccc(-c2nnc(CSc3nnnn3Cc3ccccc3)o2)cc1. The number of hydrogen-bond acceptors (Lipinski definition) is 9. The zero-order valence-electron chi connectivity index (χ0n) is 14.4. The second-order valence-corrected chi connectivity index (χ2v) is 6.64. The Morgan fingerprint density at radius 1 is 1.04 bits per heavy atom. The van der Waals surface area contributed by atoms with E-state index < -0.39 is 4.92 Å². The molecule has 0 bridgehead atoms. The molecule has 0 aliphatic rings. The normalized spacial score (nSPS) is 10.9. The number of nitro benzene ring substituents is 1. The number of rotatable bonds is 7. The Morgan fingerprint density at radius 2 is 1.82 bits per heavy atom. The third-order valence-corrected chi connectivity index (χ3v) is 4.73. The molecule has 4 rings (SSSR count). The highest BCUT2D eigenvalue weighted by Crippen LogP contribution is 2.24. The summed E-state index contributed by atoms with van der Waals surface area (Å²) in [4.78, 5) is 10.3. The molecule has 4 aromatic rings. The predicted octanol–water partition coefficient (Wildman–Crippen LogP) is 2.97. The van der Waals surface area contributed by atoms with Crippen LogP contribution in [0.5, 0.6) is 0 Å². The van der Waals surface area contributed by atoms with E-state index >= 15 is 0 Å². The van der Waals surface area contributed by atoms with E-state index in [1.54, 1.807) is 16.8 Å².